The smallest absolute Gasteiger partial charge is 0.128 e. The maximum atomic E-state index is 13.0. The molecule has 0 saturated heterocycles. The molecular weight excluding hydrogens is 183 g/mol. The molecule has 0 aromatic heterocycles. The fraction of sp³-hybridized carbons (Fsp3) is 1.00. The van der Waals surface area contributed by atoms with E-state index in [0.29, 0.717) is 6.42 Å². The maximum Gasteiger partial charge on any atom is 0.128 e. The van der Waals surface area contributed by atoms with Crippen LogP contribution in [0.3, 0.4) is 0 Å². The first-order valence-electron chi connectivity index (χ1n) is 5.65. The molecule has 2 atom stereocenters. The zero-order chi connectivity index (χ0) is 10.8. The number of alkyl halides is 1. The number of aliphatic hydroxyl groups is 2. The first-order chi connectivity index (χ1) is 6.72. The first kappa shape index (κ1) is 13.8. The molecule has 0 bridgehead atoms. The summed E-state index contributed by atoms with van der Waals surface area (Å²) in [6.45, 7) is 1.69. The summed E-state index contributed by atoms with van der Waals surface area (Å²) in [5.41, 5.74) is 0. The van der Waals surface area contributed by atoms with Gasteiger partial charge in [-0.2, -0.15) is 0 Å². The van der Waals surface area contributed by atoms with Crippen molar-refractivity contribution in [3.63, 3.8) is 0 Å². The standard InChI is InChI=1S/C11H23FO2/c1-2-3-4-5-6-7-8-10(12)11(14)9-13/h10-11,13-14H,2-9H2,1H3/t10-,11-/m1/s1. The van der Waals surface area contributed by atoms with E-state index in [1.54, 1.807) is 0 Å². The minimum atomic E-state index is -1.26. The minimum Gasteiger partial charge on any atom is -0.394 e. The third-order valence-corrected chi connectivity index (χ3v) is 2.44. The molecule has 0 heterocycles. The highest BCUT2D eigenvalue weighted by atomic mass is 19.1. The Morgan fingerprint density at radius 1 is 1.07 bits per heavy atom. The summed E-state index contributed by atoms with van der Waals surface area (Å²) in [4.78, 5) is 0. The average Bonchev–Trinajstić information content (AvgIpc) is 2.21. The van der Waals surface area contributed by atoms with Crippen molar-refractivity contribution >= 4 is 0 Å². The topological polar surface area (TPSA) is 40.5 Å². The number of hydrogen-bond acceptors (Lipinski definition) is 2. The van der Waals surface area contributed by atoms with Gasteiger partial charge in [0.1, 0.15) is 12.3 Å². The van der Waals surface area contributed by atoms with Crippen LogP contribution < -0.4 is 0 Å². The summed E-state index contributed by atoms with van der Waals surface area (Å²) in [5, 5.41) is 17.4. The lowest BCUT2D eigenvalue weighted by Crippen LogP contribution is -2.25. The molecule has 0 rings (SSSR count). The molecule has 0 aliphatic heterocycles. The molecule has 14 heavy (non-hydrogen) atoms. The van der Waals surface area contributed by atoms with E-state index in [1.807, 2.05) is 0 Å². The summed E-state index contributed by atoms with van der Waals surface area (Å²) >= 11 is 0. The Bertz CT molecular complexity index is 120. The van der Waals surface area contributed by atoms with Gasteiger partial charge in [-0.1, -0.05) is 45.4 Å². The third-order valence-electron chi connectivity index (χ3n) is 2.44. The van der Waals surface area contributed by atoms with Crippen molar-refractivity contribution in [2.75, 3.05) is 6.61 Å². The van der Waals surface area contributed by atoms with Crippen molar-refractivity contribution in [3.8, 4) is 0 Å². The Morgan fingerprint density at radius 3 is 2.21 bits per heavy atom. The molecule has 0 saturated carbocycles. The second kappa shape index (κ2) is 9.41. The highest BCUT2D eigenvalue weighted by Crippen LogP contribution is 2.12. The van der Waals surface area contributed by atoms with Gasteiger partial charge in [0, 0.05) is 0 Å². The quantitative estimate of drug-likeness (QED) is 0.569. The van der Waals surface area contributed by atoms with E-state index in [0.717, 1.165) is 19.3 Å². The summed E-state index contributed by atoms with van der Waals surface area (Å²) in [6, 6.07) is 0. The second-order valence-corrected chi connectivity index (χ2v) is 3.82. The van der Waals surface area contributed by atoms with Gasteiger partial charge in [0.15, 0.2) is 0 Å². The van der Waals surface area contributed by atoms with E-state index < -0.39 is 18.9 Å². The summed E-state index contributed by atoms with van der Waals surface area (Å²) in [6.07, 6.45) is 4.59. The van der Waals surface area contributed by atoms with Gasteiger partial charge in [-0.25, -0.2) is 4.39 Å². The highest BCUT2D eigenvalue weighted by molar-refractivity contribution is 4.66. The number of aliphatic hydroxyl groups excluding tert-OH is 2. The van der Waals surface area contributed by atoms with E-state index in [1.165, 1.54) is 19.3 Å². The molecule has 3 heteroatoms. The van der Waals surface area contributed by atoms with Crippen LogP contribution in [0, 0.1) is 0 Å². The fourth-order valence-electron chi connectivity index (χ4n) is 1.43. The molecule has 0 spiro atoms. The minimum absolute atomic E-state index is 0.369. The molecule has 0 fully saturated rings. The molecule has 0 aromatic rings. The molecule has 86 valence electrons. The molecule has 0 unspecified atom stereocenters. The molecule has 0 aromatic carbocycles. The lowest BCUT2D eigenvalue weighted by Gasteiger charge is -2.12. The van der Waals surface area contributed by atoms with Gasteiger partial charge in [0.05, 0.1) is 6.61 Å². The van der Waals surface area contributed by atoms with Gasteiger partial charge < -0.3 is 10.2 Å². The van der Waals surface area contributed by atoms with Crippen molar-refractivity contribution in [1.29, 1.82) is 0 Å². The second-order valence-electron chi connectivity index (χ2n) is 3.82. The van der Waals surface area contributed by atoms with Crippen molar-refractivity contribution < 1.29 is 14.6 Å². The highest BCUT2D eigenvalue weighted by Gasteiger charge is 2.15. The van der Waals surface area contributed by atoms with Crippen LogP contribution in [0.15, 0.2) is 0 Å². The maximum absolute atomic E-state index is 13.0. The molecule has 0 amide bonds. The first-order valence-corrected chi connectivity index (χ1v) is 5.65. The lowest BCUT2D eigenvalue weighted by atomic mass is 10.1. The van der Waals surface area contributed by atoms with E-state index in [4.69, 9.17) is 10.2 Å². The van der Waals surface area contributed by atoms with Crippen molar-refractivity contribution in [2.45, 2.75) is 64.1 Å². The van der Waals surface area contributed by atoms with Crippen LogP contribution >= 0.6 is 0 Å². The lowest BCUT2D eigenvalue weighted by molar-refractivity contribution is 0.0242. The average molecular weight is 206 g/mol. The molecule has 2 nitrogen and oxygen atoms in total. The molecular formula is C11H23FO2. The Morgan fingerprint density at radius 2 is 1.64 bits per heavy atom. The number of unbranched alkanes of at least 4 members (excludes halogenated alkanes) is 5. The number of hydrogen-bond donors (Lipinski definition) is 2. The van der Waals surface area contributed by atoms with Crippen LogP contribution in [0.4, 0.5) is 4.39 Å². The van der Waals surface area contributed by atoms with Gasteiger partial charge in [-0.3, -0.25) is 0 Å². The Balaban J connectivity index is 3.18. The van der Waals surface area contributed by atoms with Crippen LogP contribution in [-0.2, 0) is 0 Å². The van der Waals surface area contributed by atoms with Gasteiger partial charge in [-0.05, 0) is 6.42 Å². The van der Waals surface area contributed by atoms with Gasteiger partial charge in [0.2, 0.25) is 0 Å². The van der Waals surface area contributed by atoms with E-state index in [9.17, 15) is 4.39 Å². The molecule has 0 aliphatic rings. The normalized spacial score (nSPS) is 15.4. The monoisotopic (exact) mass is 206 g/mol. The number of halogens is 1. The van der Waals surface area contributed by atoms with Crippen LogP contribution in [0.1, 0.15) is 51.9 Å². The molecule has 2 N–H and O–H groups in total. The van der Waals surface area contributed by atoms with Gasteiger partial charge in [0.25, 0.3) is 0 Å². The zero-order valence-electron chi connectivity index (χ0n) is 9.08. The number of rotatable bonds is 9. The zero-order valence-corrected chi connectivity index (χ0v) is 9.08. The van der Waals surface area contributed by atoms with E-state index in [2.05, 4.69) is 6.92 Å². The van der Waals surface area contributed by atoms with E-state index >= 15 is 0 Å². The molecule has 0 aliphatic carbocycles. The summed E-state index contributed by atoms with van der Waals surface area (Å²) < 4.78 is 13.0. The SMILES string of the molecule is CCCCCCCC[C@@H](F)[C@H](O)CO. The Hall–Kier alpha value is -0.150. The van der Waals surface area contributed by atoms with Crippen LogP contribution in [-0.4, -0.2) is 29.1 Å². The van der Waals surface area contributed by atoms with Crippen LogP contribution in [0.25, 0.3) is 0 Å². The Labute approximate surface area is 86.1 Å². The van der Waals surface area contributed by atoms with E-state index in [-0.39, 0.29) is 0 Å². The van der Waals surface area contributed by atoms with Crippen molar-refractivity contribution in [3.05, 3.63) is 0 Å². The predicted octanol–water partition coefficient (Wildman–Crippen LogP) is 2.43. The predicted molar refractivity (Wildman–Crippen MR) is 56.0 cm³/mol. The largest absolute Gasteiger partial charge is 0.394 e. The molecule has 0 radical (unpaired) electrons. The third kappa shape index (κ3) is 7.27. The van der Waals surface area contributed by atoms with Crippen LogP contribution in [0.2, 0.25) is 0 Å². The summed E-state index contributed by atoms with van der Waals surface area (Å²) in [7, 11) is 0. The van der Waals surface area contributed by atoms with Crippen molar-refractivity contribution in [2.24, 2.45) is 0 Å². The van der Waals surface area contributed by atoms with Crippen LogP contribution in [0.5, 0.6) is 0 Å². The summed E-state index contributed by atoms with van der Waals surface area (Å²) in [5.74, 6) is 0. The van der Waals surface area contributed by atoms with Gasteiger partial charge >= 0.3 is 0 Å². The fourth-order valence-corrected chi connectivity index (χ4v) is 1.43. The van der Waals surface area contributed by atoms with Gasteiger partial charge in [-0.15, -0.1) is 0 Å². The Kier molecular flexibility index (Phi) is 9.31. The van der Waals surface area contributed by atoms with Crippen molar-refractivity contribution in [1.82, 2.24) is 0 Å².